The summed E-state index contributed by atoms with van der Waals surface area (Å²) in [6.45, 7) is 0. The van der Waals surface area contributed by atoms with Gasteiger partial charge in [-0.25, -0.2) is 0 Å². The van der Waals surface area contributed by atoms with E-state index >= 15 is 0 Å². The average Bonchev–Trinajstić information content (AvgIpc) is 3.79. The number of benzene rings is 11. The highest BCUT2D eigenvalue weighted by Gasteiger charge is 2.20. The molecule has 0 unspecified atom stereocenters. The SMILES string of the molecule is c1ccc(-c2ccccc2-c2ccccc2N(c2ccc(-c3ccc(-c4cccc(-c5ccc6ccccc6c5)c4)cc3)cc2)c2ccc(-c3cccc4c3oc3ccccc34)cc2)cc1. The quantitative estimate of drug-likeness (QED) is 0.144. The largest absolute Gasteiger partial charge is 0.455 e. The van der Waals surface area contributed by atoms with Crippen molar-refractivity contribution in [2.75, 3.05) is 4.90 Å². The zero-order valence-electron chi connectivity index (χ0n) is 36.2. The maximum Gasteiger partial charge on any atom is 0.143 e. The molecule has 0 N–H and O–H groups in total. The molecule has 0 atom stereocenters. The van der Waals surface area contributed by atoms with Crippen LogP contribution in [-0.2, 0) is 0 Å². The van der Waals surface area contributed by atoms with Crippen molar-refractivity contribution < 1.29 is 4.42 Å². The van der Waals surface area contributed by atoms with E-state index < -0.39 is 0 Å². The van der Waals surface area contributed by atoms with E-state index in [9.17, 15) is 0 Å². The van der Waals surface area contributed by atoms with Crippen LogP contribution in [-0.4, -0.2) is 0 Å². The van der Waals surface area contributed by atoms with Crippen molar-refractivity contribution in [3.63, 3.8) is 0 Å². The van der Waals surface area contributed by atoms with Crippen molar-refractivity contribution in [1.82, 2.24) is 0 Å². The molecule has 0 amide bonds. The normalized spacial score (nSPS) is 11.3. The lowest BCUT2D eigenvalue weighted by Crippen LogP contribution is -2.11. The van der Waals surface area contributed by atoms with Crippen molar-refractivity contribution in [1.29, 1.82) is 0 Å². The van der Waals surface area contributed by atoms with Crippen LogP contribution in [0, 0.1) is 0 Å². The molecular weight excluding hydrogens is 799 g/mol. The number of para-hydroxylation sites is 3. The van der Waals surface area contributed by atoms with E-state index in [0.29, 0.717) is 0 Å². The highest BCUT2D eigenvalue weighted by atomic mass is 16.3. The molecular formula is C64H43NO. The molecule has 0 aliphatic heterocycles. The lowest BCUT2D eigenvalue weighted by molar-refractivity contribution is 0.670. The molecule has 0 spiro atoms. The van der Waals surface area contributed by atoms with Crippen LogP contribution >= 0.6 is 0 Å². The molecule has 0 bridgehead atoms. The maximum atomic E-state index is 6.47. The van der Waals surface area contributed by atoms with Gasteiger partial charge in [-0.2, -0.15) is 0 Å². The number of rotatable bonds is 9. The van der Waals surface area contributed by atoms with E-state index in [1.807, 2.05) is 12.1 Å². The van der Waals surface area contributed by atoms with E-state index in [1.54, 1.807) is 0 Å². The van der Waals surface area contributed by atoms with Crippen LogP contribution in [0.3, 0.4) is 0 Å². The predicted octanol–water partition coefficient (Wildman–Crippen LogP) is 18.2. The van der Waals surface area contributed by atoms with Crippen LogP contribution in [0.1, 0.15) is 0 Å². The third-order valence-electron chi connectivity index (χ3n) is 12.9. The molecule has 12 rings (SSSR count). The van der Waals surface area contributed by atoms with Crippen LogP contribution in [0.2, 0.25) is 0 Å². The summed E-state index contributed by atoms with van der Waals surface area (Å²) in [6.07, 6.45) is 0. The summed E-state index contributed by atoms with van der Waals surface area (Å²) in [4.78, 5) is 2.39. The van der Waals surface area contributed by atoms with Gasteiger partial charge in [0, 0.05) is 33.3 Å². The Morgan fingerprint density at radius 3 is 1.48 bits per heavy atom. The van der Waals surface area contributed by atoms with Gasteiger partial charge >= 0.3 is 0 Å². The number of fused-ring (bicyclic) bond motifs is 4. The van der Waals surface area contributed by atoms with Gasteiger partial charge in [0.1, 0.15) is 11.2 Å². The van der Waals surface area contributed by atoms with E-state index in [-0.39, 0.29) is 0 Å². The van der Waals surface area contributed by atoms with Crippen LogP contribution < -0.4 is 4.90 Å². The lowest BCUT2D eigenvalue weighted by Gasteiger charge is -2.29. The van der Waals surface area contributed by atoms with Crippen molar-refractivity contribution >= 4 is 49.8 Å². The van der Waals surface area contributed by atoms with Gasteiger partial charge in [-0.3, -0.25) is 0 Å². The molecule has 2 heteroatoms. The first-order valence-electron chi connectivity index (χ1n) is 22.6. The Kier molecular flexibility index (Phi) is 9.89. The van der Waals surface area contributed by atoms with Gasteiger partial charge in [0.05, 0.1) is 5.69 Å². The van der Waals surface area contributed by atoms with Gasteiger partial charge in [0.25, 0.3) is 0 Å². The van der Waals surface area contributed by atoms with E-state index in [0.717, 1.165) is 61.3 Å². The topological polar surface area (TPSA) is 16.4 Å². The molecule has 1 heterocycles. The Bertz CT molecular complexity index is 3680. The Labute approximate surface area is 384 Å². The summed E-state index contributed by atoms with van der Waals surface area (Å²) in [5.74, 6) is 0. The molecule has 0 saturated carbocycles. The monoisotopic (exact) mass is 841 g/mol. The van der Waals surface area contributed by atoms with Gasteiger partial charge in [-0.05, 0) is 115 Å². The Hall–Kier alpha value is -8.72. The molecule has 66 heavy (non-hydrogen) atoms. The molecule has 12 aromatic rings. The van der Waals surface area contributed by atoms with Crippen molar-refractivity contribution in [3.8, 4) is 66.8 Å². The minimum absolute atomic E-state index is 0.900. The highest BCUT2D eigenvalue weighted by molar-refractivity contribution is 6.09. The number of hydrogen-bond acceptors (Lipinski definition) is 2. The molecule has 0 fully saturated rings. The van der Waals surface area contributed by atoms with E-state index in [2.05, 4.69) is 254 Å². The minimum Gasteiger partial charge on any atom is -0.455 e. The molecule has 0 radical (unpaired) electrons. The standard InChI is InChI=1S/C64H43NO/c1-2-15-48(16-3-1)56-20-6-7-21-58(56)59-22-8-10-26-62(59)65(55-40-36-49(37-41-55)57-24-13-25-61-60-23-9-11-27-63(60)66-64(57)61)54-38-34-46(35-39-54)45-28-30-47(31-29-45)51-18-12-19-52(42-51)53-33-32-44-14-4-5-17-50(44)43-53/h1-43H. The number of anilines is 3. The smallest absolute Gasteiger partial charge is 0.143 e. The first kappa shape index (κ1) is 38.9. The molecule has 2 nitrogen and oxygen atoms in total. The number of hydrogen-bond donors (Lipinski definition) is 0. The summed E-state index contributed by atoms with van der Waals surface area (Å²) in [7, 11) is 0. The second kappa shape index (κ2) is 16.8. The predicted molar refractivity (Wildman–Crippen MR) is 279 cm³/mol. The Morgan fingerprint density at radius 2 is 0.727 bits per heavy atom. The first-order valence-corrected chi connectivity index (χ1v) is 22.6. The van der Waals surface area contributed by atoms with Gasteiger partial charge in [0.15, 0.2) is 0 Å². The fraction of sp³-hybridized carbons (Fsp3) is 0. The van der Waals surface area contributed by atoms with Crippen molar-refractivity contribution in [2.24, 2.45) is 0 Å². The first-order chi connectivity index (χ1) is 32.7. The Morgan fingerprint density at radius 1 is 0.258 bits per heavy atom. The van der Waals surface area contributed by atoms with Crippen LogP contribution in [0.4, 0.5) is 17.1 Å². The van der Waals surface area contributed by atoms with E-state index in [4.69, 9.17) is 4.42 Å². The van der Waals surface area contributed by atoms with Crippen molar-refractivity contribution in [3.05, 3.63) is 261 Å². The molecule has 11 aromatic carbocycles. The van der Waals surface area contributed by atoms with E-state index in [1.165, 1.54) is 55.3 Å². The van der Waals surface area contributed by atoms with Crippen molar-refractivity contribution in [2.45, 2.75) is 0 Å². The summed E-state index contributed by atoms with van der Waals surface area (Å²) in [6, 6.07) is 93.8. The Balaban J connectivity index is 0.908. The summed E-state index contributed by atoms with van der Waals surface area (Å²) < 4.78 is 6.47. The van der Waals surface area contributed by atoms with Crippen LogP contribution in [0.25, 0.3) is 99.5 Å². The molecule has 310 valence electrons. The second-order valence-electron chi connectivity index (χ2n) is 16.9. The molecule has 0 saturated heterocycles. The second-order valence-corrected chi connectivity index (χ2v) is 16.9. The number of furan rings is 1. The zero-order chi connectivity index (χ0) is 43.8. The average molecular weight is 842 g/mol. The third kappa shape index (κ3) is 7.21. The summed E-state index contributed by atoms with van der Waals surface area (Å²) >= 11 is 0. The molecule has 1 aromatic heterocycles. The maximum absolute atomic E-state index is 6.47. The van der Waals surface area contributed by atoms with Gasteiger partial charge in [-0.15, -0.1) is 0 Å². The van der Waals surface area contributed by atoms with Gasteiger partial charge < -0.3 is 9.32 Å². The van der Waals surface area contributed by atoms with Crippen LogP contribution in [0.5, 0.6) is 0 Å². The summed E-state index contributed by atoms with van der Waals surface area (Å²) in [5, 5.41) is 4.76. The fourth-order valence-electron chi connectivity index (χ4n) is 9.58. The summed E-state index contributed by atoms with van der Waals surface area (Å²) in [5.41, 5.74) is 19.1. The molecule has 0 aliphatic carbocycles. The minimum atomic E-state index is 0.900. The number of nitrogens with zero attached hydrogens (tertiary/aromatic N) is 1. The highest BCUT2D eigenvalue weighted by Crippen LogP contribution is 2.45. The van der Waals surface area contributed by atoms with Gasteiger partial charge in [0.2, 0.25) is 0 Å². The fourth-order valence-corrected chi connectivity index (χ4v) is 9.58. The zero-order valence-corrected chi connectivity index (χ0v) is 36.2. The van der Waals surface area contributed by atoms with Crippen LogP contribution in [0.15, 0.2) is 265 Å². The molecule has 0 aliphatic rings. The third-order valence-corrected chi connectivity index (χ3v) is 12.9. The van der Waals surface area contributed by atoms with Gasteiger partial charge in [-0.1, -0.05) is 212 Å². The lowest BCUT2D eigenvalue weighted by atomic mass is 9.93.